The molecule has 72 valence electrons. The largest absolute Gasteiger partial charge is 0.497 e. The first-order chi connectivity index (χ1) is 6.70. The molecule has 1 aromatic carbocycles. The monoisotopic (exact) mass is 192 g/mol. The third-order valence-electron chi connectivity index (χ3n) is 2.05. The van der Waals surface area contributed by atoms with Crippen LogP contribution in [-0.4, -0.2) is 18.9 Å². The first-order valence-electron chi connectivity index (χ1n) is 4.12. The van der Waals surface area contributed by atoms with Crippen LogP contribution in [0.5, 0.6) is 11.5 Å². The molecule has 0 atom stereocenters. The molecule has 1 aliphatic rings. The van der Waals surface area contributed by atoms with Crippen molar-refractivity contribution in [1.82, 2.24) is 0 Å². The SMILES string of the molecule is COc1ccc2c(c1)CC(=O)C(=O)O2. The summed E-state index contributed by atoms with van der Waals surface area (Å²) >= 11 is 0. The maximum absolute atomic E-state index is 11.0. The second-order valence-corrected chi connectivity index (χ2v) is 2.96. The van der Waals surface area contributed by atoms with Crippen LogP contribution in [0.2, 0.25) is 0 Å². The molecule has 0 radical (unpaired) electrons. The molecular formula is C10H8O4. The Hall–Kier alpha value is -1.84. The third-order valence-corrected chi connectivity index (χ3v) is 2.05. The highest BCUT2D eigenvalue weighted by Crippen LogP contribution is 2.27. The minimum atomic E-state index is -0.789. The molecule has 4 heteroatoms. The second kappa shape index (κ2) is 3.14. The number of ether oxygens (including phenoxy) is 2. The Morgan fingerprint density at radius 1 is 1.36 bits per heavy atom. The summed E-state index contributed by atoms with van der Waals surface area (Å²) < 4.78 is 9.79. The van der Waals surface area contributed by atoms with Gasteiger partial charge in [-0.05, 0) is 18.2 Å². The number of ketones is 1. The standard InChI is InChI=1S/C10H8O4/c1-13-7-2-3-9-6(4-7)5-8(11)10(12)14-9/h2-4H,5H2,1H3. The van der Waals surface area contributed by atoms with E-state index in [1.165, 1.54) is 0 Å². The van der Waals surface area contributed by atoms with Crippen LogP contribution in [0.25, 0.3) is 0 Å². The topological polar surface area (TPSA) is 52.6 Å². The number of carbonyl (C=O) groups is 2. The van der Waals surface area contributed by atoms with Gasteiger partial charge < -0.3 is 9.47 Å². The number of hydrogen-bond donors (Lipinski definition) is 0. The number of esters is 1. The van der Waals surface area contributed by atoms with Gasteiger partial charge in [0.1, 0.15) is 11.5 Å². The van der Waals surface area contributed by atoms with Gasteiger partial charge in [-0.15, -0.1) is 0 Å². The van der Waals surface area contributed by atoms with Gasteiger partial charge in [-0.25, -0.2) is 4.79 Å². The molecule has 1 aliphatic heterocycles. The summed E-state index contributed by atoms with van der Waals surface area (Å²) in [4.78, 5) is 21.9. The Bertz CT molecular complexity index is 409. The van der Waals surface area contributed by atoms with Crippen LogP contribution in [0.1, 0.15) is 5.56 Å². The summed E-state index contributed by atoms with van der Waals surface area (Å²) in [6.07, 6.45) is 0.0887. The predicted molar refractivity (Wildman–Crippen MR) is 47.3 cm³/mol. The molecule has 1 heterocycles. The lowest BCUT2D eigenvalue weighted by Crippen LogP contribution is -2.27. The van der Waals surface area contributed by atoms with Crippen molar-refractivity contribution in [2.75, 3.05) is 7.11 Å². The van der Waals surface area contributed by atoms with Gasteiger partial charge in [-0.2, -0.15) is 0 Å². The molecule has 0 saturated heterocycles. The van der Waals surface area contributed by atoms with Gasteiger partial charge in [0.05, 0.1) is 7.11 Å². The molecule has 0 spiro atoms. The molecule has 0 fully saturated rings. The smallest absolute Gasteiger partial charge is 0.380 e. The first-order valence-corrected chi connectivity index (χ1v) is 4.12. The van der Waals surface area contributed by atoms with Crippen molar-refractivity contribution < 1.29 is 19.1 Å². The number of methoxy groups -OCH3 is 1. The second-order valence-electron chi connectivity index (χ2n) is 2.96. The molecule has 0 aliphatic carbocycles. The van der Waals surface area contributed by atoms with E-state index < -0.39 is 11.8 Å². The number of carbonyl (C=O) groups excluding carboxylic acids is 2. The van der Waals surface area contributed by atoms with E-state index in [0.717, 1.165) is 0 Å². The van der Waals surface area contributed by atoms with Gasteiger partial charge in [0, 0.05) is 12.0 Å². The highest BCUT2D eigenvalue weighted by atomic mass is 16.5. The average molecular weight is 192 g/mol. The highest BCUT2D eigenvalue weighted by Gasteiger charge is 2.25. The van der Waals surface area contributed by atoms with E-state index in [1.54, 1.807) is 25.3 Å². The summed E-state index contributed by atoms with van der Waals surface area (Å²) in [6.45, 7) is 0. The Kier molecular flexibility index (Phi) is 1.96. The van der Waals surface area contributed by atoms with Gasteiger partial charge in [0.15, 0.2) is 0 Å². The third kappa shape index (κ3) is 1.35. The van der Waals surface area contributed by atoms with Crippen LogP contribution in [0, 0.1) is 0 Å². The predicted octanol–water partition coefficient (Wildman–Crippen LogP) is 0.726. The molecular weight excluding hydrogens is 184 g/mol. The number of benzene rings is 1. The van der Waals surface area contributed by atoms with E-state index in [2.05, 4.69) is 0 Å². The Balaban J connectivity index is 2.42. The molecule has 2 rings (SSSR count). The molecule has 4 nitrogen and oxygen atoms in total. The van der Waals surface area contributed by atoms with Gasteiger partial charge in [-0.3, -0.25) is 4.79 Å². The lowest BCUT2D eigenvalue weighted by molar-refractivity contribution is -0.147. The molecule has 0 bridgehead atoms. The summed E-state index contributed by atoms with van der Waals surface area (Å²) in [5, 5.41) is 0. The molecule has 0 unspecified atom stereocenters. The summed E-state index contributed by atoms with van der Waals surface area (Å²) in [5.74, 6) is -0.224. The maximum Gasteiger partial charge on any atom is 0.380 e. The zero-order chi connectivity index (χ0) is 10.1. The van der Waals surface area contributed by atoms with Gasteiger partial charge in [0.2, 0.25) is 5.78 Å². The van der Waals surface area contributed by atoms with Crippen LogP contribution < -0.4 is 9.47 Å². The average Bonchev–Trinajstić information content (AvgIpc) is 2.19. The van der Waals surface area contributed by atoms with E-state index >= 15 is 0 Å². The Morgan fingerprint density at radius 2 is 2.14 bits per heavy atom. The van der Waals surface area contributed by atoms with Crippen molar-refractivity contribution in [3.8, 4) is 11.5 Å². The molecule has 0 saturated carbocycles. The number of rotatable bonds is 1. The fourth-order valence-corrected chi connectivity index (χ4v) is 1.32. The highest BCUT2D eigenvalue weighted by molar-refractivity contribution is 6.35. The van der Waals surface area contributed by atoms with Crippen molar-refractivity contribution in [2.45, 2.75) is 6.42 Å². The summed E-state index contributed by atoms with van der Waals surface area (Å²) in [5.41, 5.74) is 0.689. The van der Waals surface area contributed by atoms with Gasteiger partial charge in [-0.1, -0.05) is 0 Å². The summed E-state index contributed by atoms with van der Waals surface area (Å²) in [6, 6.07) is 5.00. The van der Waals surface area contributed by atoms with Crippen molar-refractivity contribution in [3.05, 3.63) is 23.8 Å². The molecule has 0 N–H and O–H groups in total. The van der Waals surface area contributed by atoms with Crippen molar-refractivity contribution in [3.63, 3.8) is 0 Å². The minimum Gasteiger partial charge on any atom is -0.497 e. The van der Waals surface area contributed by atoms with Crippen molar-refractivity contribution >= 4 is 11.8 Å². The molecule has 1 aromatic rings. The maximum atomic E-state index is 11.0. The van der Waals surface area contributed by atoms with E-state index in [9.17, 15) is 9.59 Å². The van der Waals surface area contributed by atoms with Crippen LogP contribution >= 0.6 is 0 Å². The van der Waals surface area contributed by atoms with Gasteiger partial charge in [0.25, 0.3) is 0 Å². The van der Waals surface area contributed by atoms with E-state index in [1.807, 2.05) is 0 Å². The first kappa shape index (κ1) is 8.74. The number of fused-ring (bicyclic) bond motifs is 1. The normalized spacial score (nSPS) is 14.6. The summed E-state index contributed by atoms with van der Waals surface area (Å²) in [7, 11) is 1.54. The molecule has 14 heavy (non-hydrogen) atoms. The molecule has 0 amide bonds. The minimum absolute atomic E-state index is 0.0887. The fraction of sp³-hybridized carbons (Fsp3) is 0.200. The van der Waals surface area contributed by atoms with E-state index in [-0.39, 0.29) is 6.42 Å². The quantitative estimate of drug-likeness (QED) is 0.374. The molecule has 0 aromatic heterocycles. The zero-order valence-electron chi connectivity index (χ0n) is 7.57. The number of hydrogen-bond acceptors (Lipinski definition) is 4. The van der Waals surface area contributed by atoms with Gasteiger partial charge >= 0.3 is 5.97 Å². The van der Waals surface area contributed by atoms with Crippen LogP contribution in [0.3, 0.4) is 0 Å². The number of Topliss-reactive ketones (excluding diaryl/α,β-unsaturated/α-hetero) is 1. The van der Waals surface area contributed by atoms with Crippen LogP contribution in [0.15, 0.2) is 18.2 Å². The lowest BCUT2D eigenvalue weighted by atomic mass is 10.1. The van der Waals surface area contributed by atoms with Crippen LogP contribution in [-0.2, 0) is 16.0 Å². The Morgan fingerprint density at radius 3 is 2.86 bits per heavy atom. The van der Waals surface area contributed by atoms with Crippen LogP contribution in [0.4, 0.5) is 0 Å². The lowest BCUT2D eigenvalue weighted by Gasteiger charge is -2.14. The van der Waals surface area contributed by atoms with Crippen molar-refractivity contribution in [2.24, 2.45) is 0 Å². The Labute approximate surface area is 80.4 Å². The zero-order valence-corrected chi connectivity index (χ0v) is 7.57. The van der Waals surface area contributed by atoms with Crippen molar-refractivity contribution in [1.29, 1.82) is 0 Å². The van der Waals surface area contributed by atoms with E-state index in [4.69, 9.17) is 9.47 Å². The van der Waals surface area contributed by atoms with E-state index in [0.29, 0.717) is 17.1 Å². The fourth-order valence-electron chi connectivity index (χ4n) is 1.32.